The van der Waals surface area contributed by atoms with Gasteiger partial charge in [-0.3, -0.25) is 14.4 Å². The summed E-state index contributed by atoms with van der Waals surface area (Å²) in [5.41, 5.74) is 0.991. The standard InChI is InChI=1S/C19H19N3O5S/c1-13(23)20-14-7-9-15(10-8-14)21-19(25)17-11-12-18(24)22(17)28(26,27)16-5-3-2-4-6-16/h2-10,17H,11-12H2,1H3,(H,20,23)(H,21,25)/t17-/m0/s1. The third-order valence-electron chi connectivity index (χ3n) is 4.24. The van der Waals surface area contributed by atoms with E-state index in [9.17, 15) is 22.8 Å². The summed E-state index contributed by atoms with van der Waals surface area (Å²) in [6.45, 7) is 1.38. The Morgan fingerprint density at radius 1 is 0.964 bits per heavy atom. The fourth-order valence-electron chi connectivity index (χ4n) is 2.97. The molecule has 0 radical (unpaired) electrons. The van der Waals surface area contributed by atoms with Crippen LogP contribution in [0.3, 0.4) is 0 Å². The number of sulfonamides is 1. The minimum atomic E-state index is -4.12. The van der Waals surface area contributed by atoms with E-state index in [-0.39, 0.29) is 23.6 Å². The van der Waals surface area contributed by atoms with Crippen LogP contribution in [0.15, 0.2) is 59.5 Å². The molecule has 9 heteroatoms. The van der Waals surface area contributed by atoms with Crippen molar-refractivity contribution in [3.63, 3.8) is 0 Å². The second-order valence-corrected chi connectivity index (χ2v) is 8.12. The van der Waals surface area contributed by atoms with Gasteiger partial charge in [0, 0.05) is 24.7 Å². The molecule has 1 fully saturated rings. The number of rotatable bonds is 5. The highest BCUT2D eigenvalue weighted by Gasteiger charge is 2.44. The van der Waals surface area contributed by atoms with E-state index in [1.165, 1.54) is 19.1 Å². The number of nitrogens with one attached hydrogen (secondary N) is 2. The summed E-state index contributed by atoms with van der Waals surface area (Å²) in [5, 5.41) is 5.24. The van der Waals surface area contributed by atoms with Gasteiger partial charge in [0.1, 0.15) is 6.04 Å². The van der Waals surface area contributed by atoms with Gasteiger partial charge in [0.15, 0.2) is 0 Å². The lowest BCUT2D eigenvalue weighted by atomic mass is 10.2. The molecule has 2 aromatic carbocycles. The first kappa shape index (κ1) is 19.6. The highest BCUT2D eigenvalue weighted by atomic mass is 32.2. The Morgan fingerprint density at radius 3 is 2.11 bits per heavy atom. The number of amides is 3. The van der Waals surface area contributed by atoms with Crippen LogP contribution in [-0.4, -0.2) is 36.5 Å². The average molecular weight is 401 g/mol. The van der Waals surface area contributed by atoms with Crippen molar-refractivity contribution in [3.8, 4) is 0 Å². The number of hydrogen-bond acceptors (Lipinski definition) is 5. The SMILES string of the molecule is CC(=O)Nc1ccc(NC(=O)[C@@H]2CCC(=O)N2S(=O)(=O)c2ccccc2)cc1. The van der Waals surface area contributed by atoms with Crippen molar-refractivity contribution in [2.45, 2.75) is 30.7 Å². The van der Waals surface area contributed by atoms with Crippen LogP contribution in [0.1, 0.15) is 19.8 Å². The molecule has 3 amide bonds. The van der Waals surface area contributed by atoms with Crippen molar-refractivity contribution in [3.05, 3.63) is 54.6 Å². The van der Waals surface area contributed by atoms with Crippen LogP contribution in [0.4, 0.5) is 11.4 Å². The van der Waals surface area contributed by atoms with Crippen molar-refractivity contribution in [2.75, 3.05) is 10.6 Å². The lowest BCUT2D eigenvalue weighted by molar-refractivity contribution is -0.128. The Labute approximate surface area is 162 Å². The van der Waals surface area contributed by atoms with E-state index in [4.69, 9.17) is 0 Å². The van der Waals surface area contributed by atoms with Gasteiger partial charge < -0.3 is 10.6 Å². The molecule has 2 N–H and O–H groups in total. The molecule has 0 aliphatic carbocycles. The third kappa shape index (κ3) is 4.04. The van der Waals surface area contributed by atoms with E-state index >= 15 is 0 Å². The van der Waals surface area contributed by atoms with Crippen LogP contribution in [0, 0.1) is 0 Å². The van der Waals surface area contributed by atoms with Gasteiger partial charge in [-0.25, -0.2) is 12.7 Å². The maximum absolute atomic E-state index is 12.8. The van der Waals surface area contributed by atoms with E-state index in [2.05, 4.69) is 10.6 Å². The summed E-state index contributed by atoms with van der Waals surface area (Å²) < 4.78 is 26.4. The quantitative estimate of drug-likeness (QED) is 0.795. The first-order valence-corrected chi connectivity index (χ1v) is 10.0. The molecule has 1 saturated heterocycles. The molecule has 1 heterocycles. The fraction of sp³-hybridized carbons (Fsp3) is 0.211. The van der Waals surface area contributed by atoms with Crippen molar-refractivity contribution >= 4 is 39.1 Å². The number of nitrogens with zero attached hydrogens (tertiary/aromatic N) is 1. The minimum Gasteiger partial charge on any atom is -0.326 e. The van der Waals surface area contributed by atoms with Crippen LogP contribution in [-0.2, 0) is 24.4 Å². The molecule has 1 aliphatic heterocycles. The van der Waals surface area contributed by atoms with Crippen molar-refractivity contribution in [1.82, 2.24) is 4.31 Å². The van der Waals surface area contributed by atoms with Crippen LogP contribution in [0.25, 0.3) is 0 Å². The second kappa shape index (κ2) is 7.81. The summed E-state index contributed by atoms with van der Waals surface area (Å²) in [4.78, 5) is 35.9. The number of anilines is 2. The van der Waals surface area contributed by atoms with Gasteiger partial charge in [0.25, 0.3) is 10.0 Å². The van der Waals surface area contributed by atoms with Gasteiger partial charge in [0.05, 0.1) is 4.90 Å². The highest BCUT2D eigenvalue weighted by molar-refractivity contribution is 7.89. The highest BCUT2D eigenvalue weighted by Crippen LogP contribution is 2.28. The molecule has 0 saturated carbocycles. The second-order valence-electron chi connectivity index (χ2n) is 6.31. The molecule has 28 heavy (non-hydrogen) atoms. The van der Waals surface area contributed by atoms with E-state index < -0.39 is 27.9 Å². The molecule has 0 spiro atoms. The zero-order chi connectivity index (χ0) is 20.3. The lowest BCUT2D eigenvalue weighted by Gasteiger charge is -2.23. The van der Waals surface area contributed by atoms with E-state index in [1.807, 2.05) is 0 Å². The monoisotopic (exact) mass is 401 g/mol. The van der Waals surface area contributed by atoms with Gasteiger partial charge in [-0.1, -0.05) is 18.2 Å². The van der Waals surface area contributed by atoms with Gasteiger partial charge >= 0.3 is 0 Å². The van der Waals surface area contributed by atoms with Gasteiger partial charge in [-0.15, -0.1) is 0 Å². The average Bonchev–Trinajstić information content (AvgIpc) is 3.06. The zero-order valence-corrected chi connectivity index (χ0v) is 15.9. The van der Waals surface area contributed by atoms with E-state index in [0.717, 1.165) is 0 Å². The van der Waals surface area contributed by atoms with Gasteiger partial charge in [-0.2, -0.15) is 0 Å². The van der Waals surface area contributed by atoms with Crippen molar-refractivity contribution in [1.29, 1.82) is 0 Å². The Hall–Kier alpha value is -3.20. The molecule has 1 aliphatic rings. The zero-order valence-electron chi connectivity index (χ0n) is 15.1. The molecule has 0 unspecified atom stereocenters. The molecule has 1 atom stereocenters. The topological polar surface area (TPSA) is 113 Å². The maximum atomic E-state index is 12.8. The van der Waals surface area contributed by atoms with Crippen LogP contribution in [0.5, 0.6) is 0 Å². The van der Waals surface area contributed by atoms with Gasteiger partial charge in [0.2, 0.25) is 17.7 Å². The number of carbonyl (C=O) groups is 3. The van der Waals surface area contributed by atoms with Crippen LogP contribution in [0.2, 0.25) is 0 Å². The summed E-state index contributed by atoms with van der Waals surface area (Å²) in [7, 11) is -4.12. The molecular formula is C19H19N3O5S. The molecule has 0 bridgehead atoms. The molecular weight excluding hydrogens is 382 g/mol. The maximum Gasteiger partial charge on any atom is 0.267 e. The fourth-order valence-corrected chi connectivity index (χ4v) is 4.60. The Morgan fingerprint density at radius 2 is 1.54 bits per heavy atom. The number of carbonyl (C=O) groups excluding carboxylic acids is 3. The molecule has 2 aromatic rings. The Balaban J connectivity index is 1.79. The van der Waals surface area contributed by atoms with Crippen LogP contribution >= 0.6 is 0 Å². The largest absolute Gasteiger partial charge is 0.326 e. The van der Waals surface area contributed by atoms with Crippen LogP contribution < -0.4 is 10.6 Å². The first-order chi connectivity index (χ1) is 13.3. The summed E-state index contributed by atoms with van der Waals surface area (Å²) in [5.74, 6) is -1.41. The lowest BCUT2D eigenvalue weighted by Crippen LogP contribution is -2.45. The Bertz CT molecular complexity index is 1000. The predicted octanol–water partition coefficient (Wildman–Crippen LogP) is 1.96. The molecule has 3 rings (SSSR count). The molecule has 8 nitrogen and oxygen atoms in total. The number of benzene rings is 2. The van der Waals surface area contributed by atoms with Gasteiger partial charge in [-0.05, 0) is 42.8 Å². The van der Waals surface area contributed by atoms with Crippen molar-refractivity contribution < 1.29 is 22.8 Å². The van der Waals surface area contributed by atoms with Crippen molar-refractivity contribution in [2.24, 2.45) is 0 Å². The third-order valence-corrected chi connectivity index (χ3v) is 6.08. The number of hydrogen-bond donors (Lipinski definition) is 2. The minimum absolute atomic E-state index is 0.0222. The molecule has 146 valence electrons. The predicted molar refractivity (Wildman–Crippen MR) is 103 cm³/mol. The Kier molecular flexibility index (Phi) is 5.46. The first-order valence-electron chi connectivity index (χ1n) is 8.60. The molecule has 0 aromatic heterocycles. The smallest absolute Gasteiger partial charge is 0.267 e. The van der Waals surface area contributed by atoms with E-state index in [0.29, 0.717) is 15.7 Å². The summed E-state index contributed by atoms with van der Waals surface area (Å²) in [6, 6.07) is 12.8. The summed E-state index contributed by atoms with van der Waals surface area (Å²) in [6.07, 6.45) is 0.0896. The normalized spacial score (nSPS) is 16.7. The summed E-state index contributed by atoms with van der Waals surface area (Å²) >= 11 is 0. The van der Waals surface area contributed by atoms with E-state index in [1.54, 1.807) is 42.5 Å².